The predicted octanol–water partition coefficient (Wildman–Crippen LogP) is 3.25. The van der Waals surface area contributed by atoms with Crippen molar-refractivity contribution in [1.29, 1.82) is 0 Å². The Kier molecular flexibility index (Phi) is 4.47. The Bertz CT molecular complexity index is 566. The highest BCUT2D eigenvalue weighted by atomic mass is 127. The summed E-state index contributed by atoms with van der Waals surface area (Å²) in [7, 11) is 0. The lowest BCUT2D eigenvalue weighted by Gasteiger charge is -2.19. The van der Waals surface area contributed by atoms with Crippen molar-refractivity contribution < 1.29 is 14.3 Å². The van der Waals surface area contributed by atoms with E-state index in [1.54, 1.807) is 29.4 Å². The number of halogens is 1. The minimum absolute atomic E-state index is 0.120. The van der Waals surface area contributed by atoms with Crippen LogP contribution >= 0.6 is 22.6 Å². The second kappa shape index (κ2) is 6.10. The van der Waals surface area contributed by atoms with Gasteiger partial charge in [0, 0.05) is 12.1 Å². The summed E-state index contributed by atoms with van der Waals surface area (Å²) >= 11 is 2.02. The van der Waals surface area contributed by atoms with Crippen molar-refractivity contribution in [3.63, 3.8) is 0 Å². The number of phenolic OH excluding ortho intramolecular Hbond substituents is 1. The first kappa shape index (κ1) is 13.9. The van der Waals surface area contributed by atoms with E-state index in [1.807, 2.05) is 35.6 Å². The average Bonchev–Trinajstić information content (AvgIpc) is 2.91. The standard InChI is InChI=1S/C14H14INO3/c1-2-16(9-11-4-3-7-19-11)14(18)10-5-6-12(15)13(17)8-10/h3-8,17H,2,9H2,1H3. The summed E-state index contributed by atoms with van der Waals surface area (Å²) in [5.41, 5.74) is 0.478. The molecule has 4 nitrogen and oxygen atoms in total. The van der Waals surface area contributed by atoms with Gasteiger partial charge in [-0.25, -0.2) is 0 Å². The Hall–Kier alpha value is -1.50. The van der Waals surface area contributed by atoms with Gasteiger partial charge in [-0.05, 0) is 59.8 Å². The van der Waals surface area contributed by atoms with Crippen LogP contribution in [0.4, 0.5) is 0 Å². The van der Waals surface area contributed by atoms with Crippen molar-refractivity contribution in [3.05, 3.63) is 51.5 Å². The normalized spacial score (nSPS) is 10.4. The number of nitrogens with zero attached hydrogens (tertiary/aromatic N) is 1. The van der Waals surface area contributed by atoms with E-state index in [1.165, 1.54) is 6.07 Å². The SMILES string of the molecule is CCN(Cc1ccco1)C(=O)c1ccc(I)c(O)c1. The van der Waals surface area contributed by atoms with Crippen molar-refractivity contribution in [2.45, 2.75) is 13.5 Å². The molecule has 0 aliphatic rings. The third kappa shape index (κ3) is 3.28. The van der Waals surface area contributed by atoms with Gasteiger partial charge in [0.1, 0.15) is 11.5 Å². The fraction of sp³-hybridized carbons (Fsp3) is 0.214. The van der Waals surface area contributed by atoms with E-state index >= 15 is 0 Å². The molecule has 0 saturated heterocycles. The molecular formula is C14H14INO3. The third-order valence-corrected chi connectivity index (χ3v) is 3.70. The molecule has 2 rings (SSSR count). The molecule has 1 N–H and O–H groups in total. The van der Waals surface area contributed by atoms with Crippen LogP contribution in [0.25, 0.3) is 0 Å². The largest absolute Gasteiger partial charge is 0.507 e. The summed E-state index contributed by atoms with van der Waals surface area (Å²) in [4.78, 5) is 14.0. The Morgan fingerprint density at radius 3 is 2.79 bits per heavy atom. The molecule has 1 amide bonds. The first-order valence-corrected chi connectivity index (χ1v) is 7.00. The van der Waals surface area contributed by atoms with Crippen molar-refractivity contribution in [1.82, 2.24) is 4.90 Å². The van der Waals surface area contributed by atoms with Crippen molar-refractivity contribution in [2.24, 2.45) is 0 Å². The van der Waals surface area contributed by atoms with Gasteiger partial charge in [0.2, 0.25) is 0 Å². The number of furan rings is 1. The molecule has 19 heavy (non-hydrogen) atoms. The topological polar surface area (TPSA) is 53.7 Å². The first-order valence-electron chi connectivity index (χ1n) is 5.92. The summed E-state index contributed by atoms with van der Waals surface area (Å²) < 4.78 is 5.98. The van der Waals surface area contributed by atoms with Gasteiger partial charge >= 0.3 is 0 Å². The van der Waals surface area contributed by atoms with E-state index in [-0.39, 0.29) is 11.7 Å². The number of phenols is 1. The van der Waals surface area contributed by atoms with Crippen molar-refractivity contribution in [3.8, 4) is 5.75 Å². The molecule has 5 heteroatoms. The number of hydrogen-bond acceptors (Lipinski definition) is 3. The molecule has 0 fully saturated rings. The lowest BCUT2D eigenvalue weighted by atomic mass is 10.2. The summed E-state index contributed by atoms with van der Waals surface area (Å²) in [5, 5.41) is 9.66. The number of amides is 1. The number of carbonyl (C=O) groups excluding carboxylic acids is 1. The second-order valence-electron chi connectivity index (χ2n) is 4.06. The molecule has 0 aliphatic heterocycles. The van der Waals surface area contributed by atoms with Crippen molar-refractivity contribution in [2.75, 3.05) is 6.54 Å². The van der Waals surface area contributed by atoms with Gasteiger partial charge in [-0.3, -0.25) is 4.79 Å². The van der Waals surface area contributed by atoms with E-state index in [0.29, 0.717) is 18.7 Å². The molecule has 0 unspecified atom stereocenters. The van der Waals surface area contributed by atoms with Gasteiger partial charge in [0.15, 0.2) is 0 Å². The third-order valence-electron chi connectivity index (χ3n) is 2.79. The molecule has 1 heterocycles. The zero-order chi connectivity index (χ0) is 13.8. The van der Waals surface area contributed by atoms with Crippen LogP contribution < -0.4 is 0 Å². The number of rotatable bonds is 4. The highest BCUT2D eigenvalue weighted by Gasteiger charge is 2.16. The van der Waals surface area contributed by atoms with E-state index in [0.717, 1.165) is 9.33 Å². The molecule has 0 aliphatic carbocycles. The zero-order valence-corrected chi connectivity index (χ0v) is 12.6. The number of aromatic hydroxyl groups is 1. The second-order valence-corrected chi connectivity index (χ2v) is 5.23. The molecule has 0 atom stereocenters. The Labute approximate surface area is 125 Å². The molecule has 1 aromatic heterocycles. The Morgan fingerprint density at radius 2 is 2.21 bits per heavy atom. The van der Waals surface area contributed by atoms with Crippen LogP contribution in [0.1, 0.15) is 23.0 Å². The van der Waals surface area contributed by atoms with E-state index in [4.69, 9.17) is 4.42 Å². The highest BCUT2D eigenvalue weighted by molar-refractivity contribution is 14.1. The fourth-order valence-electron chi connectivity index (χ4n) is 1.75. The highest BCUT2D eigenvalue weighted by Crippen LogP contribution is 2.21. The van der Waals surface area contributed by atoms with Crippen LogP contribution in [-0.4, -0.2) is 22.5 Å². The van der Waals surface area contributed by atoms with Gasteiger partial charge in [0.25, 0.3) is 5.91 Å². The molecule has 2 aromatic rings. The molecule has 100 valence electrons. The Balaban J connectivity index is 2.18. The minimum atomic E-state index is -0.120. The molecule has 0 bridgehead atoms. The van der Waals surface area contributed by atoms with Crippen LogP contribution in [0.15, 0.2) is 41.0 Å². The molecule has 0 spiro atoms. The van der Waals surface area contributed by atoms with E-state index in [9.17, 15) is 9.90 Å². The molecule has 0 radical (unpaired) electrons. The summed E-state index contributed by atoms with van der Waals surface area (Å²) in [6.07, 6.45) is 1.59. The van der Waals surface area contributed by atoms with Gasteiger partial charge < -0.3 is 14.4 Å². The van der Waals surface area contributed by atoms with Crippen LogP contribution in [0.5, 0.6) is 5.75 Å². The smallest absolute Gasteiger partial charge is 0.254 e. The quantitative estimate of drug-likeness (QED) is 0.840. The van der Waals surface area contributed by atoms with Gasteiger partial charge in [-0.15, -0.1) is 0 Å². The molecule has 1 aromatic carbocycles. The number of carbonyl (C=O) groups is 1. The van der Waals surface area contributed by atoms with Gasteiger partial charge in [-0.1, -0.05) is 0 Å². The van der Waals surface area contributed by atoms with Crippen LogP contribution in [0.2, 0.25) is 0 Å². The van der Waals surface area contributed by atoms with Gasteiger partial charge in [0.05, 0.1) is 16.4 Å². The number of benzene rings is 1. The lowest BCUT2D eigenvalue weighted by molar-refractivity contribution is 0.0741. The van der Waals surface area contributed by atoms with E-state index in [2.05, 4.69) is 0 Å². The molecule has 0 saturated carbocycles. The zero-order valence-electron chi connectivity index (χ0n) is 10.5. The monoisotopic (exact) mass is 371 g/mol. The first-order chi connectivity index (χ1) is 9.11. The maximum absolute atomic E-state index is 12.3. The summed E-state index contributed by atoms with van der Waals surface area (Å²) in [5.74, 6) is 0.746. The van der Waals surface area contributed by atoms with Gasteiger partial charge in [-0.2, -0.15) is 0 Å². The molecular weight excluding hydrogens is 357 g/mol. The lowest BCUT2D eigenvalue weighted by Crippen LogP contribution is -2.30. The van der Waals surface area contributed by atoms with Crippen LogP contribution in [0, 0.1) is 3.57 Å². The minimum Gasteiger partial charge on any atom is -0.507 e. The Morgan fingerprint density at radius 1 is 1.42 bits per heavy atom. The van der Waals surface area contributed by atoms with Crippen LogP contribution in [0.3, 0.4) is 0 Å². The maximum atomic E-state index is 12.3. The average molecular weight is 371 g/mol. The maximum Gasteiger partial charge on any atom is 0.254 e. The summed E-state index contributed by atoms with van der Waals surface area (Å²) in [6, 6.07) is 8.57. The summed E-state index contributed by atoms with van der Waals surface area (Å²) in [6.45, 7) is 2.91. The number of hydrogen-bond donors (Lipinski definition) is 1. The predicted molar refractivity (Wildman–Crippen MR) is 79.9 cm³/mol. The van der Waals surface area contributed by atoms with Crippen LogP contribution in [-0.2, 0) is 6.54 Å². The van der Waals surface area contributed by atoms with Crippen molar-refractivity contribution >= 4 is 28.5 Å². The van der Waals surface area contributed by atoms with E-state index < -0.39 is 0 Å². The fourth-order valence-corrected chi connectivity index (χ4v) is 2.08.